The smallest absolute Gasteiger partial charge is 0.161 e. The predicted molar refractivity (Wildman–Crippen MR) is 76.1 cm³/mol. The minimum atomic E-state index is -0.0221. The van der Waals surface area contributed by atoms with Crippen LogP contribution in [0, 0.1) is 0 Å². The summed E-state index contributed by atoms with van der Waals surface area (Å²) in [6, 6.07) is 11.6. The minimum Gasteiger partial charge on any atom is -0.492 e. The standard InChI is InChI=1S/C16H13ClO2/c1-10(18)13-6-5-12(9-15(13)17)14-4-2-3-11-7-8-19-16(11)14/h2-6,9H,7-8H2,1H3. The van der Waals surface area contributed by atoms with Crippen molar-refractivity contribution in [2.75, 3.05) is 6.61 Å². The van der Waals surface area contributed by atoms with E-state index in [4.69, 9.17) is 16.3 Å². The van der Waals surface area contributed by atoms with Crippen LogP contribution < -0.4 is 4.74 Å². The molecule has 0 atom stereocenters. The molecule has 0 spiro atoms. The van der Waals surface area contributed by atoms with Crippen molar-refractivity contribution in [2.24, 2.45) is 0 Å². The Morgan fingerprint density at radius 3 is 2.84 bits per heavy atom. The van der Waals surface area contributed by atoms with Gasteiger partial charge < -0.3 is 4.74 Å². The van der Waals surface area contributed by atoms with Crippen molar-refractivity contribution in [1.82, 2.24) is 0 Å². The third-order valence-electron chi connectivity index (χ3n) is 3.37. The van der Waals surface area contributed by atoms with Crippen LogP contribution in [0.15, 0.2) is 36.4 Å². The molecule has 3 rings (SSSR count). The number of hydrogen-bond donors (Lipinski definition) is 0. The highest BCUT2D eigenvalue weighted by atomic mass is 35.5. The monoisotopic (exact) mass is 272 g/mol. The van der Waals surface area contributed by atoms with Crippen LogP contribution in [0.4, 0.5) is 0 Å². The van der Waals surface area contributed by atoms with Gasteiger partial charge in [-0.3, -0.25) is 4.79 Å². The van der Waals surface area contributed by atoms with Crippen LogP contribution in [0.2, 0.25) is 5.02 Å². The van der Waals surface area contributed by atoms with Gasteiger partial charge in [-0.1, -0.05) is 35.9 Å². The van der Waals surface area contributed by atoms with E-state index in [0.717, 1.165) is 29.9 Å². The summed E-state index contributed by atoms with van der Waals surface area (Å²) >= 11 is 6.16. The minimum absolute atomic E-state index is 0.0221. The molecule has 0 unspecified atom stereocenters. The molecule has 0 amide bonds. The van der Waals surface area contributed by atoms with Crippen molar-refractivity contribution < 1.29 is 9.53 Å². The fourth-order valence-electron chi connectivity index (χ4n) is 2.41. The number of Topliss-reactive ketones (excluding diaryl/α,β-unsaturated/α-hetero) is 1. The number of carbonyl (C=O) groups excluding carboxylic acids is 1. The first-order valence-electron chi connectivity index (χ1n) is 6.22. The topological polar surface area (TPSA) is 26.3 Å². The Bertz CT molecular complexity index is 662. The average Bonchev–Trinajstić information content (AvgIpc) is 2.86. The lowest BCUT2D eigenvalue weighted by atomic mass is 9.99. The van der Waals surface area contributed by atoms with E-state index in [1.807, 2.05) is 24.3 Å². The van der Waals surface area contributed by atoms with E-state index in [1.165, 1.54) is 12.5 Å². The normalized spacial score (nSPS) is 12.9. The van der Waals surface area contributed by atoms with Gasteiger partial charge in [0.2, 0.25) is 0 Å². The maximum Gasteiger partial charge on any atom is 0.161 e. The second-order valence-corrected chi connectivity index (χ2v) is 5.05. The molecule has 2 aromatic rings. The highest BCUT2D eigenvalue weighted by Crippen LogP contribution is 2.37. The number of rotatable bonds is 2. The van der Waals surface area contributed by atoms with Gasteiger partial charge in [-0.2, -0.15) is 0 Å². The Kier molecular flexibility index (Phi) is 3.03. The second-order valence-electron chi connectivity index (χ2n) is 4.64. The zero-order chi connectivity index (χ0) is 13.4. The van der Waals surface area contributed by atoms with Crippen molar-refractivity contribution in [3.63, 3.8) is 0 Å². The molecule has 0 aromatic heterocycles. The fourth-order valence-corrected chi connectivity index (χ4v) is 2.72. The molecule has 1 aliphatic rings. The Hall–Kier alpha value is -1.80. The molecule has 19 heavy (non-hydrogen) atoms. The molecule has 0 saturated carbocycles. The Morgan fingerprint density at radius 2 is 2.11 bits per heavy atom. The van der Waals surface area contributed by atoms with Gasteiger partial charge >= 0.3 is 0 Å². The summed E-state index contributed by atoms with van der Waals surface area (Å²) in [5.41, 5.74) is 3.80. The third-order valence-corrected chi connectivity index (χ3v) is 3.69. The van der Waals surface area contributed by atoms with Crippen molar-refractivity contribution in [1.29, 1.82) is 0 Å². The summed E-state index contributed by atoms with van der Waals surface area (Å²) in [6.07, 6.45) is 0.947. The van der Waals surface area contributed by atoms with E-state index >= 15 is 0 Å². The van der Waals surface area contributed by atoms with Crippen LogP contribution in [0.25, 0.3) is 11.1 Å². The van der Waals surface area contributed by atoms with Crippen molar-refractivity contribution >= 4 is 17.4 Å². The number of hydrogen-bond acceptors (Lipinski definition) is 2. The molecule has 1 aliphatic heterocycles. The Morgan fingerprint density at radius 1 is 1.26 bits per heavy atom. The Balaban J connectivity index is 2.11. The molecule has 0 bridgehead atoms. The summed E-state index contributed by atoms with van der Waals surface area (Å²) in [7, 11) is 0. The molecular weight excluding hydrogens is 260 g/mol. The second kappa shape index (κ2) is 4.71. The van der Waals surface area contributed by atoms with Crippen LogP contribution in [0.5, 0.6) is 5.75 Å². The molecular formula is C16H13ClO2. The van der Waals surface area contributed by atoms with Gasteiger partial charge in [-0.25, -0.2) is 0 Å². The highest BCUT2D eigenvalue weighted by molar-refractivity contribution is 6.34. The van der Waals surface area contributed by atoms with Crippen LogP contribution in [0.1, 0.15) is 22.8 Å². The van der Waals surface area contributed by atoms with E-state index < -0.39 is 0 Å². The summed E-state index contributed by atoms with van der Waals surface area (Å²) in [4.78, 5) is 11.4. The van der Waals surface area contributed by atoms with Gasteiger partial charge in [0.1, 0.15) is 5.75 Å². The Labute approximate surface area is 117 Å². The van der Waals surface area contributed by atoms with Crippen molar-refractivity contribution in [3.8, 4) is 16.9 Å². The lowest BCUT2D eigenvalue weighted by Crippen LogP contribution is -1.94. The van der Waals surface area contributed by atoms with E-state index in [9.17, 15) is 4.79 Å². The fraction of sp³-hybridized carbons (Fsp3) is 0.188. The third kappa shape index (κ3) is 2.13. The number of benzene rings is 2. The number of ether oxygens (including phenoxy) is 1. The SMILES string of the molecule is CC(=O)c1ccc(-c2cccc3c2OCC3)cc1Cl. The molecule has 3 heteroatoms. The lowest BCUT2D eigenvalue weighted by molar-refractivity contribution is 0.101. The molecule has 1 heterocycles. The van der Waals surface area contributed by atoms with Crippen molar-refractivity contribution in [3.05, 3.63) is 52.5 Å². The van der Waals surface area contributed by atoms with Crippen LogP contribution in [-0.2, 0) is 6.42 Å². The first kappa shape index (κ1) is 12.2. The largest absolute Gasteiger partial charge is 0.492 e. The number of carbonyl (C=O) groups is 1. The summed E-state index contributed by atoms with van der Waals surface area (Å²) in [5.74, 6) is 0.917. The maximum absolute atomic E-state index is 11.4. The predicted octanol–water partition coefficient (Wildman–Crippen LogP) is 4.14. The van der Waals surface area contributed by atoms with Gasteiger partial charge in [0.25, 0.3) is 0 Å². The van der Waals surface area contributed by atoms with E-state index in [2.05, 4.69) is 6.07 Å². The van der Waals surface area contributed by atoms with E-state index in [-0.39, 0.29) is 5.78 Å². The molecule has 0 N–H and O–H groups in total. The summed E-state index contributed by atoms with van der Waals surface area (Å²) < 4.78 is 5.69. The number of halogens is 1. The van der Waals surface area contributed by atoms with Crippen LogP contribution >= 0.6 is 11.6 Å². The van der Waals surface area contributed by atoms with Crippen molar-refractivity contribution in [2.45, 2.75) is 13.3 Å². The lowest BCUT2D eigenvalue weighted by Gasteiger charge is -2.09. The molecule has 96 valence electrons. The van der Waals surface area contributed by atoms with Gasteiger partial charge in [0, 0.05) is 17.5 Å². The molecule has 0 aliphatic carbocycles. The zero-order valence-corrected chi connectivity index (χ0v) is 11.3. The summed E-state index contributed by atoms with van der Waals surface area (Å²) in [5, 5.41) is 0.487. The number of ketones is 1. The van der Waals surface area contributed by atoms with E-state index in [0.29, 0.717) is 10.6 Å². The van der Waals surface area contributed by atoms with Gasteiger partial charge in [0.15, 0.2) is 5.78 Å². The van der Waals surface area contributed by atoms with Gasteiger partial charge in [-0.15, -0.1) is 0 Å². The van der Waals surface area contributed by atoms with Gasteiger partial charge in [0.05, 0.1) is 11.6 Å². The zero-order valence-electron chi connectivity index (χ0n) is 10.6. The molecule has 0 fully saturated rings. The molecule has 0 radical (unpaired) electrons. The van der Waals surface area contributed by atoms with Gasteiger partial charge in [-0.05, 0) is 30.2 Å². The van der Waals surface area contributed by atoms with Crippen LogP contribution in [0.3, 0.4) is 0 Å². The average molecular weight is 273 g/mol. The number of fused-ring (bicyclic) bond motifs is 1. The molecule has 2 aromatic carbocycles. The highest BCUT2D eigenvalue weighted by Gasteiger charge is 2.17. The molecule has 2 nitrogen and oxygen atoms in total. The maximum atomic E-state index is 11.4. The summed E-state index contributed by atoms with van der Waals surface area (Å²) in [6.45, 7) is 2.25. The van der Waals surface area contributed by atoms with Crippen LogP contribution in [-0.4, -0.2) is 12.4 Å². The van der Waals surface area contributed by atoms with E-state index in [1.54, 1.807) is 6.07 Å². The first-order valence-corrected chi connectivity index (χ1v) is 6.60. The quantitative estimate of drug-likeness (QED) is 0.768. The first-order chi connectivity index (χ1) is 9.16. The molecule has 0 saturated heterocycles. The number of para-hydroxylation sites is 1.